The fourth-order valence-corrected chi connectivity index (χ4v) is 5.24. The Kier molecular flexibility index (Phi) is 6.68. The molecule has 0 spiro atoms. The van der Waals surface area contributed by atoms with E-state index in [1.807, 2.05) is 71.3 Å². The van der Waals surface area contributed by atoms with E-state index in [-0.39, 0.29) is 17.6 Å². The van der Waals surface area contributed by atoms with Crippen LogP contribution in [0.1, 0.15) is 56.2 Å². The minimum Gasteiger partial charge on any atom is -0.493 e. The predicted octanol–water partition coefficient (Wildman–Crippen LogP) is 5.91. The number of nitrogens with zero attached hydrogens (tertiary/aromatic N) is 3. The van der Waals surface area contributed by atoms with Gasteiger partial charge in [0.1, 0.15) is 5.69 Å². The standard InChI is InChI=1S/C27H33N3O4S/c1-16(2)34-21-14-18-17(13-20(21)33-7)10-11-30-24(18)23(22-9-8-12-35-22)19(15-28-32)25(30)26(31)29(6)27(3,4)5/h8-9,12-16,32H,10-11H2,1-7H3. The van der Waals surface area contributed by atoms with E-state index in [0.29, 0.717) is 29.3 Å². The lowest BCUT2D eigenvalue weighted by atomic mass is 9.94. The zero-order valence-corrected chi connectivity index (χ0v) is 22.2. The van der Waals surface area contributed by atoms with Crippen LogP contribution < -0.4 is 9.47 Å². The van der Waals surface area contributed by atoms with Gasteiger partial charge in [0.05, 0.1) is 25.1 Å². The molecule has 186 valence electrons. The summed E-state index contributed by atoms with van der Waals surface area (Å²) in [4.78, 5) is 16.6. The van der Waals surface area contributed by atoms with Gasteiger partial charge >= 0.3 is 0 Å². The zero-order valence-electron chi connectivity index (χ0n) is 21.4. The number of amides is 1. The van der Waals surface area contributed by atoms with Gasteiger partial charge in [-0.1, -0.05) is 11.2 Å². The van der Waals surface area contributed by atoms with Crippen LogP contribution in [-0.2, 0) is 13.0 Å². The summed E-state index contributed by atoms with van der Waals surface area (Å²) < 4.78 is 13.8. The Bertz CT molecular complexity index is 1270. The Morgan fingerprint density at radius 2 is 2.03 bits per heavy atom. The van der Waals surface area contributed by atoms with Gasteiger partial charge < -0.3 is 24.1 Å². The van der Waals surface area contributed by atoms with Gasteiger partial charge in [-0.2, -0.15) is 0 Å². The minimum absolute atomic E-state index is 0.0243. The van der Waals surface area contributed by atoms with Crippen molar-refractivity contribution in [3.8, 4) is 33.2 Å². The van der Waals surface area contributed by atoms with Crippen molar-refractivity contribution >= 4 is 23.5 Å². The summed E-state index contributed by atoms with van der Waals surface area (Å²) in [6.45, 7) is 10.6. The molecule has 1 aliphatic heterocycles. The van der Waals surface area contributed by atoms with Crippen LogP contribution in [0.2, 0.25) is 0 Å². The van der Waals surface area contributed by atoms with E-state index in [1.54, 1.807) is 23.3 Å². The van der Waals surface area contributed by atoms with Crippen molar-refractivity contribution in [2.45, 2.75) is 59.2 Å². The zero-order chi connectivity index (χ0) is 25.5. The first-order valence-corrected chi connectivity index (χ1v) is 12.6. The lowest BCUT2D eigenvalue weighted by Gasteiger charge is -2.33. The quantitative estimate of drug-likeness (QED) is 0.262. The van der Waals surface area contributed by atoms with Crippen LogP contribution in [0.4, 0.5) is 0 Å². The number of methoxy groups -OCH3 is 1. The molecule has 0 fully saturated rings. The van der Waals surface area contributed by atoms with E-state index in [2.05, 4.69) is 9.72 Å². The fourth-order valence-electron chi connectivity index (χ4n) is 4.46. The lowest BCUT2D eigenvalue weighted by Crippen LogP contribution is -2.43. The van der Waals surface area contributed by atoms with Gasteiger partial charge in [0.25, 0.3) is 5.91 Å². The number of rotatable bonds is 6. The molecule has 0 unspecified atom stereocenters. The maximum atomic E-state index is 13.9. The van der Waals surface area contributed by atoms with E-state index in [1.165, 1.54) is 6.21 Å². The highest BCUT2D eigenvalue weighted by molar-refractivity contribution is 7.13. The third-order valence-electron chi connectivity index (χ3n) is 6.38. The maximum Gasteiger partial charge on any atom is 0.271 e. The number of aromatic nitrogens is 1. The van der Waals surface area contributed by atoms with Crippen LogP contribution in [0.15, 0.2) is 34.8 Å². The van der Waals surface area contributed by atoms with Crippen molar-refractivity contribution < 1.29 is 19.5 Å². The molecule has 8 heteroatoms. The van der Waals surface area contributed by atoms with E-state index < -0.39 is 0 Å². The van der Waals surface area contributed by atoms with Crippen LogP contribution >= 0.6 is 11.3 Å². The second-order valence-corrected chi connectivity index (χ2v) is 10.9. The second kappa shape index (κ2) is 9.41. The minimum atomic E-state index is -0.378. The molecule has 7 nitrogen and oxygen atoms in total. The van der Waals surface area contributed by atoms with Crippen LogP contribution in [-0.4, -0.2) is 52.6 Å². The first kappa shape index (κ1) is 24.9. The maximum absolute atomic E-state index is 13.9. The van der Waals surface area contributed by atoms with Crippen LogP contribution in [0.25, 0.3) is 21.7 Å². The van der Waals surface area contributed by atoms with E-state index in [0.717, 1.165) is 33.7 Å². The smallest absolute Gasteiger partial charge is 0.271 e. The SMILES string of the molecule is COc1cc2c(cc1OC(C)C)-c1c(-c3cccs3)c(C=NO)c(C(=O)N(C)C(C)(C)C)n1CC2. The fraction of sp³-hybridized carbons (Fsp3) is 0.407. The summed E-state index contributed by atoms with van der Waals surface area (Å²) in [6.07, 6.45) is 2.09. The highest BCUT2D eigenvalue weighted by Gasteiger charge is 2.35. The van der Waals surface area contributed by atoms with Crippen molar-refractivity contribution in [3.63, 3.8) is 0 Å². The second-order valence-electron chi connectivity index (χ2n) is 9.97. The Labute approximate surface area is 210 Å². The molecule has 3 aromatic rings. The van der Waals surface area contributed by atoms with Gasteiger partial charge in [-0.25, -0.2) is 0 Å². The number of carbonyl (C=O) groups is 1. The molecule has 0 atom stereocenters. The summed E-state index contributed by atoms with van der Waals surface area (Å²) >= 11 is 1.59. The summed E-state index contributed by atoms with van der Waals surface area (Å²) in [5.41, 5.74) is 4.66. The van der Waals surface area contributed by atoms with Gasteiger partial charge in [-0.3, -0.25) is 4.79 Å². The van der Waals surface area contributed by atoms with Crippen molar-refractivity contribution in [3.05, 3.63) is 46.5 Å². The molecular weight excluding hydrogens is 462 g/mol. The van der Waals surface area contributed by atoms with E-state index >= 15 is 0 Å². The molecule has 0 aliphatic carbocycles. The summed E-state index contributed by atoms with van der Waals surface area (Å²) in [6, 6.07) is 8.06. The number of oxime groups is 1. The van der Waals surface area contributed by atoms with Crippen molar-refractivity contribution in [1.82, 2.24) is 9.47 Å². The van der Waals surface area contributed by atoms with Gasteiger partial charge in [-0.15, -0.1) is 11.3 Å². The molecular formula is C27H33N3O4S. The molecule has 1 N–H and O–H groups in total. The van der Waals surface area contributed by atoms with Gasteiger partial charge in [-0.05, 0) is 70.2 Å². The largest absolute Gasteiger partial charge is 0.493 e. The highest BCUT2D eigenvalue weighted by Crippen LogP contribution is 2.47. The molecule has 1 aromatic carbocycles. The molecule has 2 aromatic heterocycles. The first-order valence-electron chi connectivity index (χ1n) is 11.7. The average Bonchev–Trinajstić information content (AvgIpc) is 3.43. The number of ether oxygens (including phenoxy) is 2. The van der Waals surface area contributed by atoms with Crippen molar-refractivity contribution in [2.75, 3.05) is 14.2 Å². The lowest BCUT2D eigenvalue weighted by molar-refractivity contribution is 0.0644. The van der Waals surface area contributed by atoms with Crippen LogP contribution in [0.3, 0.4) is 0 Å². The molecule has 35 heavy (non-hydrogen) atoms. The summed E-state index contributed by atoms with van der Waals surface area (Å²) in [5, 5.41) is 15.0. The van der Waals surface area contributed by atoms with Gasteiger partial charge in [0.2, 0.25) is 0 Å². The summed E-state index contributed by atoms with van der Waals surface area (Å²) in [7, 11) is 3.45. The van der Waals surface area contributed by atoms with Crippen LogP contribution in [0, 0.1) is 0 Å². The molecule has 3 heterocycles. The summed E-state index contributed by atoms with van der Waals surface area (Å²) in [5.74, 6) is 1.23. The number of carbonyl (C=O) groups excluding carboxylic acids is 1. The molecule has 4 rings (SSSR count). The monoisotopic (exact) mass is 495 g/mol. The number of aryl methyl sites for hydroxylation is 1. The highest BCUT2D eigenvalue weighted by atomic mass is 32.1. The third-order valence-corrected chi connectivity index (χ3v) is 7.27. The number of fused-ring (bicyclic) bond motifs is 3. The Morgan fingerprint density at radius 1 is 1.29 bits per heavy atom. The first-order chi connectivity index (χ1) is 16.6. The van der Waals surface area contributed by atoms with Crippen molar-refractivity contribution in [1.29, 1.82) is 0 Å². The number of thiophene rings is 1. The predicted molar refractivity (Wildman–Crippen MR) is 140 cm³/mol. The topological polar surface area (TPSA) is 76.3 Å². The number of hydrogen-bond donors (Lipinski definition) is 1. The molecule has 0 saturated heterocycles. The molecule has 0 radical (unpaired) electrons. The Balaban J connectivity index is 2.07. The van der Waals surface area contributed by atoms with Crippen LogP contribution in [0.5, 0.6) is 11.5 Å². The molecule has 0 bridgehead atoms. The Hall–Kier alpha value is -3.26. The van der Waals surface area contributed by atoms with Gasteiger partial charge in [0.15, 0.2) is 11.5 Å². The number of benzene rings is 1. The molecule has 1 amide bonds. The van der Waals surface area contributed by atoms with Gasteiger partial charge in [0, 0.05) is 40.7 Å². The number of hydrogen-bond acceptors (Lipinski definition) is 6. The molecule has 1 aliphatic rings. The average molecular weight is 496 g/mol. The van der Waals surface area contributed by atoms with Crippen molar-refractivity contribution in [2.24, 2.45) is 5.16 Å². The van der Waals surface area contributed by atoms with E-state index in [9.17, 15) is 10.0 Å². The normalized spacial score (nSPS) is 13.1. The Morgan fingerprint density at radius 3 is 2.60 bits per heavy atom. The third kappa shape index (κ3) is 4.43. The van der Waals surface area contributed by atoms with E-state index in [4.69, 9.17) is 9.47 Å². The molecule has 0 saturated carbocycles.